The van der Waals surface area contributed by atoms with Crippen LogP contribution in [-0.2, 0) is 4.79 Å². The first-order valence-corrected chi connectivity index (χ1v) is 8.14. The van der Waals surface area contributed by atoms with Crippen LogP contribution in [0.1, 0.15) is 22.3 Å². The van der Waals surface area contributed by atoms with Gasteiger partial charge in [0.05, 0.1) is 5.69 Å². The fourth-order valence-corrected chi connectivity index (χ4v) is 3.70. The standard InChI is InChI=1S/C17H13Br2NO/c1-9-3-5-11(6-4-9)7-12-15-10(2)13(18)8-14(19)16(15)20-17(12)21/h3-8H,1-2H3,(H,20,21). The van der Waals surface area contributed by atoms with Gasteiger partial charge in [0.1, 0.15) is 0 Å². The van der Waals surface area contributed by atoms with Gasteiger partial charge in [0.2, 0.25) is 0 Å². The second-order valence-corrected chi connectivity index (χ2v) is 6.85. The number of hydrogen-bond donors (Lipinski definition) is 1. The summed E-state index contributed by atoms with van der Waals surface area (Å²) in [6.45, 7) is 4.06. The third-order valence-electron chi connectivity index (χ3n) is 3.62. The molecule has 1 aliphatic rings. The maximum atomic E-state index is 12.3. The Labute approximate surface area is 140 Å². The Kier molecular flexibility index (Phi) is 3.76. The van der Waals surface area contributed by atoms with Crippen LogP contribution >= 0.6 is 31.9 Å². The largest absolute Gasteiger partial charge is 0.320 e. The van der Waals surface area contributed by atoms with Gasteiger partial charge in [-0.05, 0) is 53.0 Å². The van der Waals surface area contributed by atoms with Gasteiger partial charge >= 0.3 is 0 Å². The minimum absolute atomic E-state index is 0.0625. The average molecular weight is 407 g/mol. The molecular formula is C17H13Br2NO. The lowest BCUT2D eigenvalue weighted by Gasteiger charge is -2.08. The van der Waals surface area contributed by atoms with Crippen molar-refractivity contribution in [3.63, 3.8) is 0 Å². The van der Waals surface area contributed by atoms with E-state index in [0.717, 1.165) is 31.3 Å². The van der Waals surface area contributed by atoms with Gasteiger partial charge in [-0.15, -0.1) is 0 Å². The summed E-state index contributed by atoms with van der Waals surface area (Å²) in [5.41, 5.74) is 5.79. The number of aryl methyl sites for hydroxylation is 1. The van der Waals surface area contributed by atoms with Gasteiger partial charge in [-0.25, -0.2) is 0 Å². The molecule has 0 bridgehead atoms. The summed E-state index contributed by atoms with van der Waals surface area (Å²) < 4.78 is 1.87. The zero-order valence-electron chi connectivity index (χ0n) is 11.6. The van der Waals surface area contributed by atoms with E-state index in [1.54, 1.807) is 0 Å². The highest BCUT2D eigenvalue weighted by Gasteiger charge is 2.28. The Morgan fingerprint density at radius 1 is 1.05 bits per heavy atom. The van der Waals surface area contributed by atoms with Crippen molar-refractivity contribution in [2.24, 2.45) is 0 Å². The molecule has 4 heteroatoms. The molecular weight excluding hydrogens is 394 g/mol. The number of nitrogens with one attached hydrogen (secondary N) is 1. The molecule has 21 heavy (non-hydrogen) atoms. The molecule has 0 aliphatic carbocycles. The molecule has 0 unspecified atom stereocenters. The summed E-state index contributed by atoms with van der Waals surface area (Å²) in [4.78, 5) is 12.3. The number of halogens is 2. The molecule has 0 saturated carbocycles. The van der Waals surface area contributed by atoms with Gasteiger partial charge < -0.3 is 5.32 Å². The lowest BCUT2D eigenvalue weighted by Crippen LogP contribution is -2.03. The van der Waals surface area contributed by atoms with Crippen molar-refractivity contribution in [1.82, 2.24) is 0 Å². The van der Waals surface area contributed by atoms with Crippen LogP contribution in [0.4, 0.5) is 5.69 Å². The Balaban J connectivity index is 2.19. The van der Waals surface area contributed by atoms with E-state index in [1.807, 2.05) is 50.3 Å². The van der Waals surface area contributed by atoms with Crippen molar-refractivity contribution in [3.05, 3.63) is 61.5 Å². The molecule has 1 heterocycles. The number of carbonyl (C=O) groups is 1. The van der Waals surface area contributed by atoms with E-state index in [2.05, 4.69) is 37.2 Å². The van der Waals surface area contributed by atoms with E-state index in [-0.39, 0.29) is 5.91 Å². The summed E-state index contributed by atoms with van der Waals surface area (Å²) in [5.74, 6) is -0.0625. The second kappa shape index (κ2) is 5.43. The van der Waals surface area contributed by atoms with Gasteiger partial charge in [-0.2, -0.15) is 0 Å². The van der Waals surface area contributed by atoms with Crippen LogP contribution < -0.4 is 5.32 Å². The fourth-order valence-electron chi connectivity index (χ4n) is 2.44. The molecule has 0 fully saturated rings. The number of benzene rings is 2. The number of fused-ring (bicyclic) bond motifs is 1. The molecule has 106 valence electrons. The van der Waals surface area contributed by atoms with Crippen LogP contribution in [0.5, 0.6) is 0 Å². The lowest BCUT2D eigenvalue weighted by atomic mass is 9.99. The Bertz CT molecular complexity index is 776. The number of amides is 1. The van der Waals surface area contributed by atoms with Gasteiger partial charge in [0, 0.05) is 20.1 Å². The van der Waals surface area contributed by atoms with Crippen molar-refractivity contribution in [3.8, 4) is 0 Å². The minimum Gasteiger partial charge on any atom is -0.320 e. The van der Waals surface area contributed by atoms with Crippen LogP contribution in [0, 0.1) is 13.8 Å². The monoisotopic (exact) mass is 405 g/mol. The van der Waals surface area contributed by atoms with Crippen molar-refractivity contribution in [1.29, 1.82) is 0 Å². The third kappa shape index (κ3) is 2.58. The second-order valence-electron chi connectivity index (χ2n) is 5.14. The van der Waals surface area contributed by atoms with Gasteiger partial charge in [0.25, 0.3) is 5.91 Å². The van der Waals surface area contributed by atoms with Gasteiger partial charge in [-0.3, -0.25) is 4.79 Å². The first kappa shape index (κ1) is 14.5. The van der Waals surface area contributed by atoms with Crippen molar-refractivity contribution in [2.45, 2.75) is 13.8 Å². The highest BCUT2D eigenvalue weighted by molar-refractivity contribution is 9.11. The first-order valence-electron chi connectivity index (χ1n) is 6.56. The SMILES string of the molecule is Cc1ccc(C=C2C(=O)Nc3c(Br)cc(Br)c(C)c32)cc1. The topological polar surface area (TPSA) is 29.1 Å². The molecule has 1 aliphatic heterocycles. The highest BCUT2D eigenvalue weighted by atomic mass is 79.9. The van der Waals surface area contributed by atoms with E-state index in [4.69, 9.17) is 0 Å². The third-order valence-corrected chi connectivity index (χ3v) is 5.07. The molecule has 2 aromatic rings. The van der Waals surface area contributed by atoms with E-state index < -0.39 is 0 Å². The van der Waals surface area contributed by atoms with Gasteiger partial charge in [0.15, 0.2) is 0 Å². The molecule has 1 amide bonds. The summed E-state index contributed by atoms with van der Waals surface area (Å²) in [5, 5.41) is 2.94. The van der Waals surface area contributed by atoms with E-state index in [0.29, 0.717) is 5.57 Å². The molecule has 3 rings (SSSR count). The number of carbonyl (C=O) groups excluding carboxylic acids is 1. The number of rotatable bonds is 1. The number of hydrogen-bond acceptors (Lipinski definition) is 1. The lowest BCUT2D eigenvalue weighted by molar-refractivity contribution is -0.110. The normalized spacial score (nSPS) is 15.2. The molecule has 0 spiro atoms. The summed E-state index contributed by atoms with van der Waals surface area (Å²) in [6, 6.07) is 10.1. The average Bonchev–Trinajstić information content (AvgIpc) is 2.77. The van der Waals surface area contributed by atoms with E-state index in [9.17, 15) is 4.79 Å². The van der Waals surface area contributed by atoms with E-state index in [1.165, 1.54) is 5.56 Å². The molecule has 2 nitrogen and oxygen atoms in total. The zero-order chi connectivity index (χ0) is 15.1. The predicted octanol–water partition coefficient (Wildman–Crippen LogP) is 5.32. The Morgan fingerprint density at radius 2 is 1.71 bits per heavy atom. The van der Waals surface area contributed by atoms with Crippen LogP contribution in [0.15, 0.2) is 39.3 Å². The molecule has 2 aromatic carbocycles. The molecule has 0 aromatic heterocycles. The van der Waals surface area contributed by atoms with Gasteiger partial charge in [-0.1, -0.05) is 45.8 Å². The quantitative estimate of drug-likeness (QED) is 0.638. The Hall–Kier alpha value is -1.39. The molecule has 1 N–H and O–H groups in total. The van der Waals surface area contributed by atoms with Crippen molar-refractivity contribution >= 4 is 55.1 Å². The van der Waals surface area contributed by atoms with Crippen LogP contribution in [0.3, 0.4) is 0 Å². The summed E-state index contributed by atoms with van der Waals surface area (Å²) >= 11 is 7.06. The van der Waals surface area contributed by atoms with Crippen LogP contribution in [0.2, 0.25) is 0 Å². The molecule has 0 atom stereocenters. The fraction of sp³-hybridized carbons (Fsp3) is 0.118. The van der Waals surface area contributed by atoms with Crippen LogP contribution in [0.25, 0.3) is 11.6 Å². The maximum Gasteiger partial charge on any atom is 0.256 e. The highest BCUT2D eigenvalue weighted by Crippen LogP contribution is 2.43. The zero-order valence-corrected chi connectivity index (χ0v) is 14.8. The maximum absolute atomic E-state index is 12.3. The minimum atomic E-state index is -0.0625. The molecule has 0 saturated heterocycles. The summed E-state index contributed by atoms with van der Waals surface area (Å²) in [7, 11) is 0. The van der Waals surface area contributed by atoms with Crippen molar-refractivity contribution < 1.29 is 4.79 Å². The van der Waals surface area contributed by atoms with Crippen LogP contribution in [-0.4, -0.2) is 5.91 Å². The van der Waals surface area contributed by atoms with Crippen molar-refractivity contribution in [2.75, 3.05) is 5.32 Å². The first-order chi connectivity index (χ1) is 9.97. The molecule has 0 radical (unpaired) electrons. The number of anilines is 1. The smallest absolute Gasteiger partial charge is 0.256 e. The Morgan fingerprint density at radius 3 is 2.38 bits per heavy atom. The van der Waals surface area contributed by atoms with E-state index >= 15 is 0 Å². The predicted molar refractivity (Wildman–Crippen MR) is 94.3 cm³/mol. The summed E-state index contributed by atoms with van der Waals surface area (Å²) in [6.07, 6.45) is 1.94.